The lowest BCUT2D eigenvalue weighted by Gasteiger charge is -2.10. The van der Waals surface area contributed by atoms with E-state index in [1.54, 1.807) is 0 Å². The van der Waals surface area contributed by atoms with Crippen LogP contribution in [0.2, 0.25) is 0 Å². The topological polar surface area (TPSA) is 20.2 Å². The number of phenols is 1. The first kappa shape index (κ1) is 10.1. The lowest BCUT2D eigenvalue weighted by molar-refractivity contribution is 0.462. The third-order valence-corrected chi connectivity index (χ3v) is 2.32. The van der Waals surface area contributed by atoms with Gasteiger partial charge in [0.15, 0.2) is 0 Å². The summed E-state index contributed by atoms with van der Waals surface area (Å²) in [5, 5.41) is 9.66. The van der Waals surface area contributed by atoms with Crippen molar-refractivity contribution in [3.05, 3.63) is 28.8 Å². The Hall–Kier alpha value is -0.980. The van der Waals surface area contributed by atoms with Crippen LogP contribution in [0.5, 0.6) is 5.75 Å². The molecule has 0 bridgehead atoms. The van der Waals surface area contributed by atoms with Crippen LogP contribution in [0.1, 0.15) is 30.5 Å². The average molecular weight is 178 g/mol. The van der Waals surface area contributed by atoms with E-state index < -0.39 is 0 Å². The molecule has 13 heavy (non-hydrogen) atoms. The van der Waals surface area contributed by atoms with E-state index in [9.17, 15) is 5.11 Å². The minimum absolute atomic E-state index is 0.441. The van der Waals surface area contributed by atoms with Crippen LogP contribution in [0.4, 0.5) is 0 Å². The standard InChI is InChI=1S/C12H18O/c1-8(2)5-11-6-9(3)10(4)7-12(11)13/h6-8,13H,5H2,1-4H3. The Labute approximate surface area is 80.4 Å². The van der Waals surface area contributed by atoms with Crippen LogP contribution >= 0.6 is 0 Å². The Morgan fingerprint density at radius 2 is 1.69 bits per heavy atom. The summed E-state index contributed by atoms with van der Waals surface area (Å²) in [4.78, 5) is 0. The van der Waals surface area contributed by atoms with E-state index in [2.05, 4.69) is 26.8 Å². The van der Waals surface area contributed by atoms with Crippen LogP contribution in [-0.2, 0) is 6.42 Å². The molecule has 0 radical (unpaired) electrons. The lowest BCUT2D eigenvalue weighted by atomic mass is 9.98. The molecule has 0 atom stereocenters. The number of aromatic hydroxyl groups is 1. The van der Waals surface area contributed by atoms with Crippen molar-refractivity contribution in [1.29, 1.82) is 0 Å². The average Bonchev–Trinajstić information content (AvgIpc) is 1.99. The first-order valence-electron chi connectivity index (χ1n) is 4.79. The van der Waals surface area contributed by atoms with Gasteiger partial charge in [-0.05, 0) is 48.9 Å². The summed E-state index contributed by atoms with van der Waals surface area (Å²) in [6.07, 6.45) is 0.951. The van der Waals surface area contributed by atoms with E-state index >= 15 is 0 Å². The number of phenolic OH excluding ortho intramolecular Hbond substituents is 1. The second-order valence-corrected chi connectivity index (χ2v) is 4.16. The number of benzene rings is 1. The molecule has 1 aromatic rings. The van der Waals surface area contributed by atoms with Gasteiger partial charge in [0.2, 0.25) is 0 Å². The number of hydrogen-bond donors (Lipinski definition) is 1. The van der Waals surface area contributed by atoms with Gasteiger partial charge in [0.05, 0.1) is 0 Å². The first-order valence-corrected chi connectivity index (χ1v) is 4.79. The molecule has 0 saturated heterocycles. The molecule has 0 heterocycles. The molecular formula is C12H18O. The highest BCUT2D eigenvalue weighted by atomic mass is 16.3. The van der Waals surface area contributed by atoms with Crippen molar-refractivity contribution in [2.75, 3.05) is 0 Å². The second kappa shape index (κ2) is 3.82. The zero-order valence-electron chi connectivity index (χ0n) is 8.89. The van der Waals surface area contributed by atoms with E-state index in [4.69, 9.17) is 0 Å². The monoisotopic (exact) mass is 178 g/mol. The third kappa shape index (κ3) is 2.48. The van der Waals surface area contributed by atoms with Gasteiger partial charge in [0.25, 0.3) is 0 Å². The highest BCUT2D eigenvalue weighted by molar-refractivity contribution is 5.40. The molecule has 0 aliphatic heterocycles. The molecule has 0 aliphatic rings. The molecule has 1 N–H and O–H groups in total. The third-order valence-electron chi connectivity index (χ3n) is 2.32. The number of hydrogen-bond acceptors (Lipinski definition) is 1. The number of rotatable bonds is 2. The fraction of sp³-hybridized carbons (Fsp3) is 0.500. The van der Waals surface area contributed by atoms with Gasteiger partial charge in [-0.3, -0.25) is 0 Å². The zero-order chi connectivity index (χ0) is 10.0. The van der Waals surface area contributed by atoms with Gasteiger partial charge < -0.3 is 5.11 Å². The van der Waals surface area contributed by atoms with E-state index in [0.717, 1.165) is 17.5 Å². The fourth-order valence-electron chi connectivity index (χ4n) is 1.46. The normalized spacial score (nSPS) is 10.8. The van der Waals surface area contributed by atoms with E-state index in [-0.39, 0.29) is 0 Å². The molecule has 0 spiro atoms. The van der Waals surface area contributed by atoms with Crippen LogP contribution < -0.4 is 0 Å². The van der Waals surface area contributed by atoms with Gasteiger partial charge >= 0.3 is 0 Å². The fourth-order valence-corrected chi connectivity index (χ4v) is 1.46. The highest BCUT2D eigenvalue weighted by Crippen LogP contribution is 2.24. The summed E-state index contributed by atoms with van der Waals surface area (Å²) in [6, 6.07) is 3.94. The molecule has 1 nitrogen and oxygen atoms in total. The minimum Gasteiger partial charge on any atom is -0.508 e. The predicted molar refractivity (Wildman–Crippen MR) is 56.1 cm³/mol. The van der Waals surface area contributed by atoms with Crippen LogP contribution in [-0.4, -0.2) is 5.11 Å². The quantitative estimate of drug-likeness (QED) is 0.737. The molecule has 72 valence electrons. The van der Waals surface area contributed by atoms with Crippen LogP contribution in [0.15, 0.2) is 12.1 Å². The molecule has 0 aromatic heterocycles. The Morgan fingerprint density at radius 1 is 1.15 bits per heavy atom. The summed E-state index contributed by atoms with van der Waals surface area (Å²) in [7, 11) is 0. The van der Waals surface area contributed by atoms with Gasteiger partial charge in [0, 0.05) is 0 Å². The smallest absolute Gasteiger partial charge is 0.119 e. The van der Waals surface area contributed by atoms with E-state index in [0.29, 0.717) is 11.7 Å². The first-order chi connectivity index (χ1) is 6.00. The van der Waals surface area contributed by atoms with Gasteiger partial charge in [-0.25, -0.2) is 0 Å². The molecule has 0 aliphatic carbocycles. The van der Waals surface area contributed by atoms with Crippen molar-refractivity contribution in [3.63, 3.8) is 0 Å². The molecular weight excluding hydrogens is 160 g/mol. The summed E-state index contributed by atoms with van der Waals surface area (Å²) < 4.78 is 0. The molecule has 1 aromatic carbocycles. The Morgan fingerprint density at radius 3 is 2.23 bits per heavy atom. The van der Waals surface area contributed by atoms with E-state index in [1.165, 1.54) is 5.56 Å². The van der Waals surface area contributed by atoms with Crippen LogP contribution in [0.25, 0.3) is 0 Å². The Kier molecular flexibility index (Phi) is 2.97. The van der Waals surface area contributed by atoms with Gasteiger partial charge in [0.1, 0.15) is 5.75 Å². The SMILES string of the molecule is Cc1cc(O)c(CC(C)C)cc1C. The minimum atomic E-state index is 0.441. The van der Waals surface area contributed by atoms with Gasteiger partial charge in [-0.1, -0.05) is 19.9 Å². The zero-order valence-corrected chi connectivity index (χ0v) is 8.89. The lowest BCUT2D eigenvalue weighted by Crippen LogP contribution is -1.96. The van der Waals surface area contributed by atoms with Crippen molar-refractivity contribution in [1.82, 2.24) is 0 Å². The number of aryl methyl sites for hydroxylation is 2. The van der Waals surface area contributed by atoms with Crippen LogP contribution in [0, 0.1) is 19.8 Å². The van der Waals surface area contributed by atoms with Gasteiger partial charge in [-0.15, -0.1) is 0 Å². The molecule has 0 saturated carbocycles. The summed E-state index contributed by atoms with van der Waals surface area (Å²) >= 11 is 0. The predicted octanol–water partition coefficient (Wildman–Crippen LogP) is 3.21. The largest absolute Gasteiger partial charge is 0.508 e. The molecule has 1 rings (SSSR count). The Balaban J connectivity index is 3.01. The molecule has 1 heteroatoms. The summed E-state index contributed by atoms with van der Waals surface area (Å²) in [5.41, 5.74) is 3.48. The van der Waals surface area contributed by atoms with Gasteiger partial charge in [-0.2, -0.15) is 0 Å². The maximum Gasteiger partial charge on any atom is 0.119 e. The maximum atomic E-state index is 9.66. The van der Waals surface area contributed by atoms with E-state index in [1.807, 2.05) is 13.0 Å². The highest BCUT2D eigenvalue weighted by Gasteiger charge is 2.05. The van der Waals surface area contributed by atoms with Crippen LogP contribution in [0.3, 0.4) is 0 Å². The van der Waals surface area contributed by atoms with Crippen molar-refractivity contribution >= 4 is 0 Å². The molecule has 0 amide bonds. The maximum absolute atomic E-state index is 9.66. The second-order valence-electron chi connectivity index (χ2n) is 4.16. The van der Waals surface area contributed by atoms with Crippen molar-refractivity contribution < 1.29 is 5.11 Å². The Bertz CT molecular complexity index is 300. The molecule has 0 unspecified atom stereocenters. The summed E-state index contributed by atoms with van der Waals surface area (Å²) in [5.74, 6) is 1.03. The van der Waals surface area contributed by atoms with Crippen molar-refractivity contribution in [2.45, 2.75) is 34.1 Å². The summed E-state index contributed by atoms with van der Waals surface area (Å²) in [6.45, 7) is 8.43. The molecule has 0 fully saturated rings. The van der Waals surface area contributed by atoms with Crippen molar-refractivity contribution in [2.24, 2.45) is 5.92 Å². The van der Waals surface area contributed by atoms with Crippen molar-refractivity contribution in [3.8, 4) is 5.75 Å².